The molecule has 2 heterocycles. The third-order valence-corrected chi connectivity index (χ3v) is 5.09. The molecule has 1 aliphatic rings. The minimum Gasteiger partial charge on any atom is -0.354 e. The van der Waals surface area contributed by atoms with E-state index in [1.54, 1.807) is 0 Å². The maximum atomic E-state index is 12.2. The Morgan fingerprint density at radius 1 is 1.36 bits per heavy atom. The molecule has 1 saturated heterocycles. The average molecular weight is 393 g/mol. The van der Waals surface area contributed by atoms with Crippen molar-refractivity contribution in [2.24, 2.45) is 11.7 Å². The second kappa shape index (κ2) is 11.0. The SMILES string of the molecule is CCC1OC(n2cc(/C=C/C(=O)NCCCCCCN)c(=O)[nH]c2=O)CC1C. The van der Waals surface area contributed by atoms with Crippen molar-refractivity contribution in [3.05, 3.63) is 38.7 Å². The third kappa shape index (κ3) is 6.17. The topological polar surface area (TPSA) is 119 Å². The number of nitrogens with two attached hydrogens (primary N) is 1. The van der Waals surface area contributed by atoms with Gasteiger partial charge in [0.1, 0.15) is 6.23 Å². The summed E-state index contributed by atoms with van der Waals surface area (Å²) in [6.45, 7) is 5.40. The van der Waals surface area contributed by atoms with Crippen molar-refractivity contribution in [1.82, 2.24) is 14.9 Å². The normalized spacial score (nSPS) is 22.0. The molecular weight excluding hydrogens is 360 g/mol. The fraction of sp³-hybridized carbons (Fsp3) is 0.650. The number of nitrogens with zero attached hydrogens (tertiary/aromatic N) is 1. The molecule has 1 aromatic heterocycles. The molecule has 1 amide bonds. The second-order valence-electron chi connectivity index (χ2n) is 7.33. The van der Waals surface area contributed by atoms with Gasteiger partial charge >= 0.3 is 5.69 Å². The van der Waals surface area contributed by atoms with E-state index in [1.165, 1.54) is 22.9 Å². The molecular formula is C20H32N4O4. The van der Waals surface area contributed by atoms with E-state index in [1.807, 2.05) is 6.92 Å². The van der Waals surface area contributed by atoms with Crippen LogP contribution in [0, 0.1) is 5.92 Å². The van der Waals surface area contributed by atoms with Crippen molar-refractivity contribution in [3.63, 3.8) is 0 Å². The minimum absolute atomic E-state index is 0.0958. The van der Waals surface area contributed by atoms with Gasteiger partial charge in [-0.1, -0.05) is 26.7 Å². The summed E-state index contributed by atoms with van der Waals surface area (Å²) in [4.78, 5) is 38.5. The van der Waals surface area contributed by atoms with Gasteiger partial charge in [0.05, 0.1) is 11.7 Å². The summed E-state index contributed by atoms with van der Waals surface area (Å²) < 4.78 is 7.34. The first-order valence-corrected chi connectivity index (χ1v) is 10.1. The summed E-state index contributed by atoms with van der Waals surface area (Å²) in [6.07, 6.45) is 9.43. The Hall–Kier alpha value is -2.19. The molecule has 1 aliphatic heterocycles. The van der Waals surface area contributed by atoms with Crippen molar-refractivity contribution in [3.8, 4) is 0 Å². The van der Waals surface area contributed by atoms with E-state index in [2.05, 4.69) is 17.2 Å². The van der Waals surface area contributed by atoms with Gasteiger partial charge in [0.15, 0.2) is 0 Å². The van der Waals surface area contributed by atoms with Gasteiger partial charge in [-0.2, -0.15) is 0 Å². The molecule has 156 valence electrons. The Balaban J connectivity index is 1.98. The summed E-state index contributed by atoms with van der Waals surface area (Å²) in [6, 6.07) is 0. The van der Waals surface area contributed by atoms with Gasteiger partial charge in [-0.05, 0) is 44.2 Å². The first-order chi connectivity index (χ1) is 13.5. The Labute approximate surface area is 165 Å². The van der Waals surface area contributed by atoms with Crippen LogP contribution < -0.4 is 22.3 Å². The van der Waals surface area contributed by atoms with E-state index in [-0.39, 0.29) is 17.6 Å². The van der Waals surface area contributed by atoms with Gasteiger partial charge in [-0.25, -0.2) is 4.79 Å². The molecule has 0 aromatic carbocycles. The molecule has 3 atom stereocenters. The van der Waals surface area contributed by atoms with Crippen LogP contribution in [-0.4, -0.2) is 34.7 Å². The van der Waals surface area contributed by atoms with E-state index < -0.39 is 17.5 Å². The van der Waals surface area contributed by atoms with Crippen molar-refractivity contribution in [2.75, 3.05) is 13.1 Å². The van der Waals surface area contributed by atoms with Gasteiger partial charge in [0.2, 0.25) is 5.91 Å². The zero-order valence-electron chi connectivity index (χ0n) is 16.8. The quantitative estimate of drug-likeness (QED) is 0.412. The maximum absolute atomic E-state index is 12.2. The van der Waals surface area contributed by atoms with E-state index in [4.69, 9.17) is 10.5 Å². The highest BCUT2D eigenvalue weighted by atomic mass is 16.5. The zero-order valence-corrected chi connectivity index (χ0v) is 16.8. The molecule has 28 heavy (non-hydrogen) atoms. The fourth-order valence-corrected chi connectivity index (χ4v) is 3.43. The zero-order chi connectivity index (χ0) is 20.5. The lowest BCUT2D eigenvalue weighted by Crippen LogP contribution is -2.33. The molecule has 1 aromatic rings. The number of carbonyl (C=O) groups excluding carboxylic acids is 1. The van der Waals surface area contributed by atoms with Gasteiger partial charge in [-0.3, -0.25) is 19.1 Å². The molecule has 2 rings (SSSR count). The molecule has 8 heteroatoms. The number of aromatic nitrogens is 2. The lowest BCUT2D eigenvalue weighted by molar-refractivity contribution is -0.116. The number of amides is 1. The van der Waals surface area contributed by atoms with Crippen LogP contribution in [-0.2, 0) is 9.53 Å². The van der Waals surface area contributed by atoms with Crippen molar-refractivity contribution in [2.45, 2.75) is 64.7 Å². The van der Waals surface area contributed by atoms with Crippen LogP contribution in [0.1, 0.15) is 64.2 Å². The molecule has 0 saturated carbocycles. The first kappa shape index (κ1) is 22.1. The summed E-state index contributed by atoms with van der Waals surface area (Å²) >= 11 is 0. The molecule has 0 aliphatic carbocycles. The number of carbonyl (C=O) groups is 1. The van der Waals surface area contributed by atoms with Gasteiger partial charge in [0.25, 0.3) is 5.56 Å². The monoisotopic (exact) mass is 392 g/mol. The third-order valence-electron chi connectivity index (χ3n) is 5.09. The molecule has 8 nitrogen and oxygen atoms in total. The van der Waals surface area contributed by atoms with Crippen LogP contribution >= 0.6 is 0 Å². The number of rotatable bonds is 10. The highest BCUT2D eigenvalue weighted by molar-refractivity contribution is 5.91. The highest BCUT2D eigenvalue weighted by Crippen LogP contribution is 2.33. The Bertz CT molecular complexity index is 783. The summed E-state index contributed by atoms with van der Waals surface area (Å²) in [5.74, 6) is 0.0659. The van der Waals surface area contributed by atoms with Crippen LogP contribution in [0.15, 0.2) is 21.9 Å². The van der Waals surface area contributed by atoms with Crippen molar-refractivity contribution < 1.29 is 9.53 Å². The number of H-pyrrole nitrogens is 1. The van der Waals surface area contributed by atoms with E-state index in [0.29, 0.717) is 25.4 Å². The minimum atomic E-state index is -0.523. The number of unbranched alkanes of at least 4 members (excludes halogenated alkanes) is 3. The second-order valence-corrected chi connectivity index (χ2v) is 7.33. The summed E-state index contributed by atoms with van der Waals surface area (Å²) in [5.41, 5.74) is 4.66. The Kier molecular flexibility index (Phi) is 8.66. The van der Waals surface area contributed by atoms with Gasteiger partial charge in [-0.15, -0.1) is 0 Å². The standard InChI is InChI=1S/C20H32N4O4/c1-3-16-14(2)12-18(28-16)24-13-15(19(26)23-20(24)27)8-9-17(25)22-11-7-5-4-6-10-21/h8-9,13-14,16,18H,3-7,10-12,21H2,1-2H3,(H,22,25)(H,23,26,27)/b9-8+. The maximum Gasteiger partial charge on any atom is 0.330 e. The number of ether oxygens (including phenoxy) is 1. The van der Waals surface area contributed by atoms with E-state index >= 15 is 0 Å². The lowest BCUT2D eigenvalue weighted by atomic mass is 10.0. The average Bonchev–Trinajstić information content (AvgIpc) is 3.04. The smallest absolute Gasteiger partial charge is 0.330 e. The largest absolute Gasteiger partial charge is 0.354 e. The highest BCUT2D eigenvalue weighted by Gasteiger charge is 2.32. The van der Waals surface area contributed by atoms with Crippen LogP contribution in [0.2, 0.25) is 0 Å². The predicted molar refractivity (Wildman–Crippen MR) is 109 cm³/mol. The van der Waals surface area contributed by atoms with E-state index in [0.717, 1.165) is 32.1 Å². The number of aromatic amines is 1. The molecule has 3 unspecified atom stereocenters. The fourth-order valence-electron chi connectivity index (χ4n) is 3.43. The van der Waals surface area contributed by atoms with Crippen molar-refractivity contribution in [1.29, 1.82) is 0 Å². The number of nitrogens with one attached hydrogen (secondary N) is 2. The van der Waals surface area contributed by atoms with Crippen LogP contribution in [0.3, 0.4) is 0 Å². The van der Waals surface area contributed by atoms with E-state index in [9.17, 15) is 14.4 Å². The number of hydrogen-bond donors (Lipinski definition) is 3. The Morgan fingerprint density at radius 3 is 2.79 bits per heavy atom. The van der Waals surface area contributed by atoms with Gasteiger partial charge < -0.3 is 15.8 Å². The molecule has 0 bridgehead atoms. The lowest BCUT2D eigenvalue weighted by Gasteiger charge is -2.15. The molecule has 0 spiro atoms. The molecule has 1 fully saturated rings. The number of hydrogen-bond acceptors (Lipinski definition) is 5. The molecule has 0 radical (unpaired) electrons. The predicted octanol–water partition coefficient (Wildman–Crippen LogP) is 1.52. The van der Waals surface area contributed by atoms with Crippen LogP contribution in [0.25, 0.3) is 6.08 Å². The van der Waals surface area contributed by atoms with Crippen LogP contribution in [0.5, 0.6) is 0 Å². The van der Waals surface area contributed by atoms with Gasteiger partial charge in [0, 0.05) is 18.8 Å². The first-order valence-electron chi connectivity index (χ1n) is 10.1. The van der Waals surface area contributed by atoms with Crippen LogP contribution in [0.4, 0.5) is 0 Å². The van der Waals surface area contributed by atoms with Crippen molar-refractivity contribution >= 4 is 12.0 Å². The summed E-state index contributed by atoms with van der Waals surface area (Å²) in [7, 11) is 0. The summed E-state index contributed by atoms with van der Waals surface area (Å²) in [5, 5.41) is 2.79. The Morgan fingerprint density at radius 2 is 2.11 bits per heavy atom. The molecule has 4 N–H and O–H groups in total.